The van der Waals surface area contributed by atoms with Gasteiger partial charge in [0.05, 0.1) is 6.54 Å². The van der Waals surface area contributed by atoms with Crippen molar-refractivity contribution in [3.05, 3.63) is 72.5 Å². The Kier molecular flexibility index (Phi) is 4.52. The minimum atomic E-state index is -4.01. The van der Waals surface area contributed by atoms with Gasteiger partial charge in [-0.05, 0) is 40.5 Å². The van der Waals surface area contributed by atoms with Gasteiger partial charge in [-0.1, -0.05) is 60.7 Å². The number of hydrogen-bond acceptors (Lipinski definition) is 4. The van der Waals surface area contributed by atoms with Crippen LogP contribution in [0.5, 0.6) is 5.75 Å². The Balaban J connectivity index is 1.76. The van der Waals surface area contributed by atoms with E-state index >= 15 is 0 Å². The second-order valence-electron chi connectivity index (χ2n) is 6.31. The monoisotopic (exact) mass is 414 g/mol. The maximum atomic E-state index is 14.8. The van der Waals surface area contributed by atoms with Crippen LogP contribution in [0.3, 0.4) is 0 Å². The highest BCUT2D eigenvalue weighted by Crippen LogP contribution is 2.38. The van der Waals surface area contributed by atoms with Crippen molar-refractivity contribution in [2.45, 2.75) is 0 Å². The van der Waals surface area contributed by atoms with Gasteiger partial charge >= 0.3 is 10.2 Å². The smallest absolute Gasteiger partial charge is 0.325 e. The van der Waals surface area contributed by atoms with Gasteiger partial charge in [-0.25, -0.2) is 8.70 Å². The molecular formula is C20H15FN2O3S2. The Morgan fingerprint density at radius 2 is 1.57 bits per heavy atom. The highest BCUT2D eigenvalue weighted by atomic mass is 32.2. The predicted molar refractivity (Wildman–Crippen MR) is 111 cm³/mol. The lowest BCUT2D eigenvalue weighted by atomic mass is 9.98. The Bertz CT molecular complexity index is 1160. The fraction of sp³-hybridized carbons (Fsp3) is 0.0500. The number of hydrogen-bond donors (Lipinski definition) is 2. The van der Waals surface area contributed by atoms with Crippen LogP contribution in [0.1, 0.15) is 0 Å². The molecular weight excluding hydrogens is 399 g/mol. The molecule has 0 spiro atoms. The summed E-state index contributed by atoms with van der Waals surface area (Å²) in [6.07, 6.45) is 0. The number of nitrogens with zero attached hydrogens (tertiary/aromatic N) is 1. The van der Waals surface area contributed by atoms with E-state index in [4.69, 9.17) is 12.2 Å². The van der Waals surface area contributed by atoms with Crippen molar-refractivity contribution < 1.29 is 17.9 Å². The molecule has 3 aromatic rings. The maximum absolute atomic E-state index is 14.8. The first kappa shape index (κ1) is 18.4. The van der Waals surface area contributed by atoms with Crippen LogP contribution >= 0.6 is 12.2 Å². The van der Waals surface area contributed by atoms with Crippen molar-refractivity contribution >= 4 is 33.1 Å². The van der Waals surface area contributed by atoms with E-state index in [1.165, 1.54) is 12.1 Å². The molecule has 0 radical (unpaired) electrons. The van der Waals surface area contributed by atoms with Crippen LogP contribution in [-0.4, -0.2) is 25.1 Å². The van der Waals surface area contributed by atoms with E-state index in [2.05, 4.69) is 4.72 Å². The number of phenols is 1. The number of halogens is 1. The zero-order valence-corrected chi connectivity index (χ0v) is 16.1. The highest BCUT2D eigenvalue weighted by molar-refractivity contribution is 7.94. The molecule has 0 bridgehead atoms. The molecule has 4 rings (SSSR count). The van der Waals surface area contributed by atoms with Gasteiger partial charge in [0.1, 0.15) is 16.4 Å². The maximum Gasteiger partial charge on any atom is 0.325 e. The predicted octanol–water partition coefficient (Wildman–Crippen LogP) is 3.85. The summed E-state index contributed by atoms with van der Waals surface area (Å²) < 4.78 is 41.8. The number of nitrogens with one attached hydrogen (secondary N) is 1. The third-order valence-corrected chi connectivity index (χ3v) is 6.17. The molecule has 142 valence electrons. The van der Waals surface area contributed by atoms with Gasteiger partial charge in [-0.2, -0.15) is 8.42 Å². The topological polar surface area (TPSA) is 69.6 Å². The van der Waals surface area contributed by atoms with Crippen molar-refractivity contribution in [1.29, 1.82) is 0 Å². The second-order valence-corrected chi connectivity index (χ2v) is 8.40. The summed E-state index contributed by atoms with van der Waals surface area (Å²) in [6, 6.07) is 19.7. The number of benzene rings is 3. The fourth-order valence-corrected chi connectivity index (χ4v) is 4.86. The molecule has 3 aromatic carbocycles. The van der Waals surface area contributed by atoms with Crippen molar-refractivity contribution in [3.8, 4) is 28.0 Å². The molecule has 5 nitrogen and oxygen atoms in total. The first-order chi connectivity index (χ1) is 13.3. The normalized spacial score (nSPS) is 15.5. The SMILES string of the molecule is O=S1(=O)NC(=S)CN1c1c(O)cc(-c2cccc(-c3ccccc3)c2)cc1F. The van der Waals surface area contributed by atoms with Crippen molar-refractivity contribution in [2.24, 2.45) is 0 Å². The summed E-state index contributed by atoms with van der Waals surface area (Å²) >= 11 is 4.86. The first-order valence-electron chi connectivity index (χ1n) is 8.37. The summed E-state index contributed by atoms with van der Waals surface area (Å²) in [5.74, 6) is -1.33. The lowest BCUT2D eigenvalue weighted by molar-refractivity contribution is 0.470. The third kappa shape index (κ3) is 3.32. The number of anilines is 1. The Labute approximate surface area is 167 Å². The molecule has 1 aliphatic heterocycles. The molecule has 1 fully saturated rings. The van der Waals surface area contributed by atoms with Gasteiger partial charge in [0.2, 0.25) is 0 Å². The van der Waals surface area contributed by atoms with Crippen LogP contribution in [0.2, 0.25) is 0 Å². The Morgan fingerprint density at radius 1 is 0.929 bits per heavy atom. The zero-order chi connectivity index (χ0) is 19.9. The highest BCUT2D eigenvalue weighted by Gasteiger charge is 2.35. The molecule has 1 heterocycles. The van der Waals surface area contributed by atoms with Gasteiger partial charge < -0.3 is 5.11 Å². The van der Waals surface area contributed by atoms with E-state index in [-0.39, 0.29) is 11.5 Å². The molecule has 8 heteroatoms. The largest absolute Gasteiger partial charge is 0.506 e. The number of phenolic OH excluding ortho intramolecular Hbond substituents is 1. The van der Waals surface area contributed by atoms with Crippen LogP contribution in [0.25, 0.3) is 22.3 Å². The molecule has 1 saturated heterocycles. The van der Waals surface area contributed by atoms with Crippen molar-refractivity contribution in [1.82, 2.24) is 4.72 Å². The number of thiocarbonyl (C=S) groups is 1. The van der Waals surface area contributed by atoms with Crippen LogP contribution in [0, 0.1) is 5.82 Å². The Morgan fingerprint density at radius 3 is 2.18 bits per heavy atom. The standard InChI is InChI=1S/C20H15FN2O3S2/c21-17-10-16(11-18(24)20(17)23-12-19(27)22-28(23,25)26)15-8-4-7-14(9-15)13-5-2-1-3-6-13/h1-11,24H,12H2,(H,22,27). The lowest BCUT2D eigenvalue weighted by Gasteiger charge is -2.18. The van der Waals surface area contributed by atoms with Crippen molar-refractivity contribution in [2.75, 3.05) is 10.8 Å². The second kappa shape index (κ2) is 6.88. The zero-order valence-electron chi connectivity index (χ0n) is 14.5. The molecule has 0 atom stereocenters. The molecule has 1 aliphatic rings. The van der Waals surface area contributed by atoms with E-state index in [1.54, 1.807) is 6.07 Å². The van der Waals surface area contributed by atoms with Gasteiger partial charge in [-0.15, -0.1) is 0 Å². The van der Waals surface area contributed by atoms with Gasteiger partial charge in [-0.3, -0.25) is 4.72 Å². The van der Waals surface area contributed by atoms with Gasteiger partial charge in [0.25, 0.3) is 0 Å². The summed E-state index contributed by atoms with van der Waals surface area (Å²) in [4.78, 5) is 0.0402. The molecule has 0 aliphatic carbocycles. The summed E-state index contributed by atoms with van der Waals surface area (Å²) in [5, 5.41) is 10.4. The van der Waals surface area contributed by atoms with E-state index in [1.807, 2.05) is 48.5 Å². The van der Waals surface area contributed by atoms with Crippen LogP contribution in [0.15, 0.2) is 66.7 Å². The molecule has 0 unspecified atom stereocenters. The third-order valence-electron chi connectivity index (χ3n) is 4.42. The van der Waals surface area contributed by atoms with Crippen molar-refractivity contribution in [3.63, 3.8) is 0 Å². The Hall–Kier alpha value is -2.97. The van der Waals surface area contributed by atoms with Crippen LogP contribution in [0.4, 0.5) is 10.1 Å². The van der Waals surface area contributed by atoms with E-state index in [0.29, 0.717) is 11.1 Å². The van der Waals surface area contributed by atoms with Gasteiger partial charge in [0.15, 0.2) is 5.82 Å². The molecule has 0 aromatic heterocycles. The fourth-order valence-electron chi connectivity index (χ4n) is 3.15. The van der Waals surface area contributed by atoms with Crippen LogP contribution in [-0.2, 0) is 10.2 Å². The van der Waals surface area contributed by atoms with E-state index < -0.39 is 27.5 Å². The van der Waals surface area contributed by atoms with Gasteiger partial charge in [0, 0.05) is 0 Å². The summed E-state index contributed by atoms with van der Waals surface area (Å²) in [7, 11) is -4.01. The minimum absolute atomic E-state index is 0.0402. The number of rotatable bonds is 3. The average Bonchev–Trinajstić information content (AvgIpc) is 2.94. The quantitative estimate of drug-likeness (QED) is 0.639. The lowest BCUT2D eigenvalue weighted by Crippen LogP contribution is -2.30. The molecule has 28 heavy (non-hydrogen) atoms. The molecule has 0 saturated carbocycles. The average molecular weight is 414 g/mol. The number of aromatic hydroxyl groups is 1. The van der Waals surface area contributed by atoms with E-state index in [0.717, 1.165) is 15.4 Å². The van der Waals surface area contributed by atoms with Crippen LogP contribution < -0.4 is 9.03 Å². The summed E-state index contributed by atoms with van der Waals surface area (Å²) in [6.45, 7) is -0.217. The summed E-state index contributed by atoms with van der Waals surface area (Å²) in [5.41, 5.74) is 2.66. The molecule has 2 N–H and O–H groups in total. The minimum Gasteiger partial charge on any atom is -0.506 e. The molecule has 0 amide bonds. The first-order valence-corrected chi connectivity index (χ1v) is 10.2. The van der Waals surface area contributed by atoms with E-state index in [9.17, 15) is 17.9 Å².